The Morgan fingerprint density at radius 3 is 2.07 bits per heavy atom. The Morgan fingerprint density at radius 1 is 0.778 bits per heavy atom. The molecule has 0 saturated heterocycles. The summed E-state index contributed by atoms with van der Waals surface area (Å²) >= 11 is 0. The molecule has 0 amide bonds. The first-order chi connectivity index (χ1) is 13.3. The minimum atomic E-state index is 0.262. The number of unbranched alkanes of at least 4 members (excludes halogenated alkanes) is 1. The molecule has 2 aromatic carbocycles. The molecule has 2 N–H and O–H groups in total. The molecule has 0 aliphatic rings. The van der Waals surface area contributed by atoms with Gasteiger partial charge in [0.15, 0.2) is 0 Å². The number of hydrogen-bond acceptors (Lipinski definition) is 2. The van der Waals surface area contributed by atoms with Crippen molar-refractivity contribution in [1.82, 2.24) is 10.6 Å². The van der Waals surface area contributed by atoms with Gasteiger partial charge in [0.1, 0.15) is 0 Å². The lowest BCUT2D eigenvalue weighted by atomic mass is 9.73. The largest absolute Gasteiger partial charge is 0.319 e. The fourth-order valence-corrected chi connectivity index (χ4v) is 4.08. The summed E-state index contributed by atoms with van der Waals surface area (Å²) in [6, 6.07) is 21.9. The highest BCUT2D eigenvalue weighted by molar-refractivity contribution is 5.26. The van der Waals surface area contributed by atoms with Crippen LogP contribution in [0.4, 0.5) is 0 Å². The summed E-state index contributed by atoms with van der Waals surface area (Å²) in [6.45, 7) is 5.57. The maximum absolute atomic E-state index is 3.66. The predicted molar refractivity (Wildman–Crippen MR) is 118 cm³/mol. The first-order valence-electron chi connectivity index (χ1n) is 10.8. The van der Waals surface area contributed by atoms with Gasteiger partial charge in [-0.3, -0.25) is 0 Å². The van der Waals surface area contributed by atoms with E-state index in [4.69, 9.17) is 0 Å². The zero-order valence-electron chi connectivity index (χ0n) is 17.3. The summed E-state index contributed by atoms with van der Waals surface area (Å²) in [4.78, 5) is 0. The molecule has 1 unspecified atom stereocenters. The second kappa shape index (κ2) is 12.7. The van der Waals surface area contributed by atoms with Crippen molar-refractivity contribution >= 4 is 0 Å². The van der Waals surface area contributed by atoms with E-state index in [1.54, 1.807) is 0 Å². The topological polar surface area (TPSA) is 24.1 Å². The molecule has 0 aliphatic heterocycles. The van der Waals surface area contributed by atoms with Crippen LogP contribution in [0.25, 0.3) is 0 Å². The Kier molecular flexibility index (Phi) is 10.2. The second-order valence-electron chi connectivity index (χ2n) is 7.72. The zero-order valence-corrected chi connectivity index (χ0v) is 17.3. The molecule has 0 fully saturated rings. The zero-order chi connectivity index (χ0) is 19.2. The van der Waals surface area contributed by atoms with Crippen molar-refractivity contribution in [2.75, 3.05) is 26.7 Å². The third-order valence-corrected chi connectivity index (χ3v) is 5.58. The lowest BCUT2D eigenvalue weighted by Gasteiger charge is -2.35. The van der Waals surface area contributed by atoms with Gasteiger partial charge in [-0.05, 0) is 63.4 Å². The number of benzene rings is 2. The molecular formula is C25H38N2. The number of likely N-dealkylation sites (N-methyl/N-ethyl adjacent to an activating group) is 1. The van der Waals surface area contributed by atoms with Gasteiger partial charge in [-0.25, -0.2) is 0 Å². The number of rotatable bonds is 14. The fourth-order valence-electron chi connectivity index (χ4n) is 4.08. The van der Waals surface area contributed by atoms with Crippen LogP contribution in [0, 0.1) is 0 Å². The highest BCUT2D eigenvalue weighted by Crippen LogP contribution is 2.34. The first kappa shape index (κ1) is 21.7. The Labute approximate surface area is 166 Å². The van der Waals surface area contributed by atoms with Crippen LogP contribution in [-0.4, -0.2) is 26.7 Å². The van der Waals surface area contributed by atoms with Crippen molar-refractivity contribution in [2.24, 2.45) is 0 Å². The summed E-state index contributed by atoms with van der Waals surface area (Å²) < 4.78 is 0. The van der Waals surface area contributed by atoms with Crippen LogP contribution in [0.1, 0.15) is 56.6 Å². The van der Waals surface area contributed by atoms with Crippen LogP contribution in [0.3, 0.4) is 0 Å². The number of hydrogen-bond donors (Lipinski definition) is 2. The molecule has 2 heteroatoms. The van der Waals surface area contributed by atoms with E-state index in [0.29, 0.717) is 0 Å². The fraction of sp³-hybridized carbons (Fsp3) is 0.520. The molecule has 0 bridgehead atoms. The van der Waals surface area contributed by atoms with Crippen molar-refractivity contribution in [3.63, 3.8) is 0 Å². The van der Waals surface area contributed by atoms with Gasteiger partial charge in [-0.1, -0.05) is 80.4 Å². The van der Waals surface area contributed by atoms with Gasteiger partial charge in [-0.15, -0.1) is 0 Å². The maximum atomic E-state index is 3.66. The van der Waals surface area contributed by atoms with Crippen LogP contribution >= 0.6 is 0 Å². The van der Waals surface area contributed by atoms with E-state index in [1.807, 2.05) is 0 Å². The van der Waals surface area contributed by atoms with Crippen molar-refractivity contribution in [1.29, 1.82) is 0 Å². The molecule has 0 aliphatic carbocycles. The maximum Gasteiger partial charge on any atom is 0.00781 e. The Hall–Kier alpha value is -1.64. The molecule has 0 radical (unpaired) electrons. The van der Waals surface area contributed by atoms with Crippen molar-refractivity contribution in [2.45, 2.75) is 57.3 Å². The van der Waals surface area contributed by atoms with Gasteiger partial charge in [0.05, 0.1) is 0 Å². The van der Waals surface area contributed by atoms with Gasteiger partial charge in [0, 0.05) is 12.0 Å². The molecule has 0 saturated carbocycles. The number of aryl methyl sites for hydroxylation is 1. The summed E-state index contributed by atoms with van der Waals surface area (Å²) in [7, 11) is 2.09. The summed E-state index contributed by atoms with van der Waals surface area (Å²) in [6.07, 6.45) is 8.66. The summed E-state index contributed by atoms with van der Waals surface area (Å²) in [5.74, 6) is 0. The van der Waals surface area contributed by atoms with Crippen LogP contribution in [0.15, 0.2) is 60.7 Å². The predicted octanol–water partition coefficient (Wildman–Crippen LogP) is 5.34. The van der Waals surface area contributed by atoms with Gasteiger partial charge in [0.25, 0.3) is 0 Å². The average molecular weight is 367 g/mol. The first-order valence-corrected chi connectivity index (χ1v) is 10.8. The molecular weight excluding hydrogens is 328 g/mol. The minimum Gasteiger partial charge on any atom is -0.319 e. The standard InChI is InChI=1S/C25H38N2/c1-3-4-18-25(22-26-2,24-16-9-6-10-17-24)19-12-21-27-20-11-15-23-13-7-5-8-14-23/h5-10,13-14,16-17,26-27H,3-4,11-12,15,18-22H2,1-2H3. The van der Waals surface area contributed by atoms with Crippen molar-refractivity contribution in [3.8, 4) is 0 Å². The van der Waals surface area contributed by atoms with E-state index < -0.39 is 0 Å². The molecule has 2 aromatic rings. The van der Waals surface area contributed by atoms with Crippen LogP contribution in [-0.2, 0) is 11.8 Å². The lowest BCUT2D eigenvalue weighted by molar-refractivity contribution is 0.330. The van der Waals surface area contributed by atoms with Crippen LogP contribution in [0.2, 0.25) is 0 Å². The molecule has 0 spiro atoms. The van der Waals surface area contributed by atoms with E-state index in [-0.39, 0.29) is 5.41 Å². The second-order valence-corrected chi connectivity index (χ2v) is 7.72. The number of nitrogens with one attached hydrogen (secondary N) is 2. The normalized spacial score (nSPS) is 13.4. The molecule has 0 heterocycles. The molecule has 148 valence electrons. The summed E-state index contributed by atoms with van der Waals surface area (Å²) in [5, 5.41) is 7.13. The van der Waals surface area contributed by atoms with E-state index in [1.165, 1.54) is 49.7 Å². The lowest BCUT2D eigenvalue weighted by Crippen LogP contribution is -2.37. The molecule has 2 nitrogen and oxygen atoms in total. The smallest absolute Gasteiger partial charge is 0.00781 e. The molecule has 2 rings (SSSR count). The SMILES string of the molecule is CCCCC(CCCNCCCc1ccccc1)(CNC)c1ccccc1. The molecule has 0 aromatic heterocycles. The van der Waals surface area contributed by atoms with Crippen LogP contribution in [0.5, 0.6) is 0 Å². The third-order valence-electron chi connectivity index (χ3n) is 5.58. The quantitative estimate of drug-likeness (QED) is 0.441. The van der Waals surface area contributed by atoms with Crippen LogP contribution < -0.4 is 10.6 Å². The average Bonchev–Trinajstić information content (AvgIpc) is 2.72. The summed E-state index contributed by atoms with van der Waals surface area (Å²) in [5.41, 5.74) is 3.20. The monoisotopic (exact) mass is 366 g/mol. The van der Waals surface area contributed by atoms with Gasteiger partial charge < -0.3 is 10.6 Å². The third kappa shape index (κ3) is 7.48. The van der Waals surface area contributed by atoms with Gasteiger partial charge in [0.2, 0.25) is 0 Å². The van der Waals surface area contributed by atoms with E-state index in [9.17, 15) is 0 Å². The van der Waals surface area contributed by atoms with E-state index >= 15 is 0 Å². The highest BCUT2D eigenvalue weighted by Gasteiger charge is 2.30. The Balaban J connectivity index is 1.79. The molecule has 27 heavy (non-hydrogen) atoms. The Bertz CT molecular complexity index is 596. The highest BCUT2D eigenvalue weighted by atomic mass is 14.9. The Morgan fingerprint density at radius 2 is 1.41 bits per heavy atom. The van der Waals surface area contributed by atoms with Crippen molar-refractivity contribution < 1.29 is 0 Å². The van der Waals surface area contributed by atoms with E-state index in [2.05, 4.69) is 85.3 Å². The van der Waals surface area contributed by atoms with E-state index in [0.717, 1.165) is 26.1 Å². The minimum absolute atomic E-state index is 0.262. The molecule has 1 atom stereocenters. The van der Waals surface area contributed by atoms with Gasteiger partial charge >= 0.3 is 0 Å². The van der Waals surface area contributed by atoms with Gasteiger partial charge in [-0.2, -0.15) is 0 Å². The van der Waals surface area contributed by atoms with Crippen molar-refractivity contribution in [3.05, 3.63) is 71.8 Å².